The fourth-order valence-electron chi connectivity index (χ4n) is 3.22. The molecule has 138 valence electrons. The van der Waals surface area contributed by atoms with Crippen LogP contribution in [0.5, 0.6) is 5.75 Å². The SMILES string of the molecule is CCCOc1cccc(C(=O)Nc2sc3c(c2C(N)=O)CC[C@H](C)C3)c1. The zero-order chi connectivity index (χ0) is 18.7. The summed E-state index contributed by atoms with van der Waals surface area (Å²) in [5.74, 6) is 0.500. The van der Waals surface area contributed by atoms with Crippen molar-refractivity contribution in [2.45, 2.75) is 39.5 Å². The molecule has 1 aliphatic rings. The number of fused-ring (bicyclic) bond motifs is 1. The van der Waals surface area contributed by atoms with Crippen LogP contribution in [0.1, 0.15) is 57.8 Å². The van der Waals surface area contributed by atoms with Crippen LogP contribution in [0.3, 0.4) is 0 Å². The van der Waals surface area contributed by atoms with E-state index in [-0.39, 0.29) is 5.91 Å². The summed E-state index contributed by atoms with van der Waals surface area (Å²) < 4.78 is 5.58. The Bertz CT molecular complexity index is 828. The summed E-state index contributed by atoms with van der Waals surface area (Å²) in [4.78, 5) is 25.8. The number of carbonyl (C=O) groups excluding carboxylic acids is 2. The lowest BCUT2D eigenvalue weighted by atomic mass is 9.88. The summed E-state index contributed by atoms with van der Waals surface area (Å²) in [5, 5.41) is 3.44. The van der Waals surface area contributed by atoms with E-state index in [0.29, 0.717) is 34.4 Å². The summed E-state index contributed by atoms with van der Waals surface area (Å²) in [6, 6.07) is 7.06. The molecule has 0 spiro atoms. The van der Waals surface area contributed by atoms with E-state index in [0.717, 1.165) is 36.1 Å². The molecule has 0 bridgehead atoms. The first-order valence-electron chi connectivity index (χ1n) is 8.98. The molecule has 0 saturated carbocycles. The minimum Gasteiger partial charge on any atom is -0.494 e. The van der Waals surface area contributed by atoms with Crippen LogP contribution >= 0.6 is 11.3 Å². The monoisotopic (exact) mass is 372 g/mol. The van der Waals surface area contributed by atoms with E-state index >= 15 is 0 Å². The third kappa shape index (κ3) is 3.90. The molecule has 0 radical (unpaired) electrons. The maximum atomic E-state index is 12.7. The molecule has 1 aromatic carbocycles. The summed E-state index contributed by atoms with van der Waals surface area (Å²) in [6.45, 7) is 4.83. The standard InChI is InChI=1S/C20H24N2O3S/c1-3-9-25-14-6-4-5-13(11-14)19(24)22-20-17(18(21)23)15-8-7-12(2)10-16(15)26-20/h4-6,11-12H,3,7-10H2,1-2H3,(H2,21,23)(H,22,24)/t12-/m0/s1. The van der Waals surface area contributed by atoms with Crippen molar-refractivity contribution >= 4 is 28.2 Å². The molecule has 2 aromatic rings. The van der Waals surface area contributed by atoms with Gasteiger partial charge in [0.2, 0.25) is 0 Å². The van der Waals surface area contributed by atoms with Crippen molar-refractivity contribution in [1.29, 1.82) is 0 Å². The summed E-state index contributed by atoms with van der Waals surface area (Å²) in [7, 11) is 0. The van der Waals surface area contributed by atoms with E-state index in [1.807, 2.05) is 13.0 Å². The Balaban J connectivity index is 1.84. The van der Waals surface area contributed by atoms with Crippen LogP contribution < -0.4 is 15.8 Å². The minimum atomic E-state index is -0.479. The number of hydrogen-bond acceptors (Lipinski definition) is 4. The Morgan fingerprint density at radius 2 is 2.19 bits per heavy atom. The van der Waals surface area contributed by atoms with Gasteiger partial charge >= 0.3 is 0 Å². The van der Waals surface area contributed by atoms with E-state index in [1.165, 1.54) is 11.3 Å². The van der Waals surface area contributed by atoms with Gasteiger partial charge in [-0.05, 0) is 55.4 Å². The van der Waals surface area contributed by atoms with Gasteiger partial charge in [0.25, 0.3) is 11.8 Å². The number of rotatable bonds is 6. The third-order valence-electron chi connectivity index (χ3n) is 4.55. The van der Waals surface area contributed by atoms with Crippen LogP contribution in [0.2, 0.25) is 0 Å². The molecule has 0 saturated heterocycles. The van der Waals surface area contributed by atoms with E-state index < -0.39 is 5.91 Å². The fourth-order valence-corrected chi connectivity index (χ4v) is 4.63. The van der Waals surface area contributed by atoms with Crippen LogP contribution in [0.4, 0.5) is 5.00 Å². The number of thiophene rings is 1. The van der Waals surface area contributed by atoms with Crippen LogP contribution in [0, 0.1) is 5.92 Å². The van der Waals surface area contributed by atoms with E-state index in [2.05, 4.69) is 12.2 Å². The molecule has 1 heterocycles. The second-order valence-electron chi connectivity index (χ2n) is 6.75. The van der Waals surface area contributed by atoms with Crippen molar-refractivity contribution in [3.8, 4) is 5.75 Å². The molecule has 5 nitrogen and oxygen atoms in total. The number of nitrogens with two attached hydrogens (primary N) is 1. The zero-order valence-electron chi connectivity index (χ0n) is 15.1. The van der Waals surface area contributed by atoms with Crippen molar-refractivity contribution < 1.29 is 14.3 Å². The van der Waals surface area contributed by atoms with Gasteiger partial charge in [0.05, 0.1) is 12.2 Å². The predicted octanol–water partition coefficient (Wildman–Crippen LogP) is 4.01. The molecule has 1 aromatic heterocycles. The lowest BCUT2D eigenvalue weighted by molar-refractivity contribution is 0.1000. The van der Waals surface area contributed by atoms with Gasteiger partial charge in [-0.1, -0.05) is 19.9 Å². The smallest absolute Gasteiger partial charge is 0.256 e. The van der Waals surface area contributed by atoms with Gasteiger partial charge in [-0.25, -0.2) is 0 Å². The predicted molar refractivity (Wildman–Crippen MR) is 104 cm³/mol. The van der Waals surface area contributed by atoms with E-state index in [9.17, 15) is 9.59 Å². The van der Waals surface area contributed by atoms with Gasteiger partial charge in [-0.2, -0.15) is 0 Å². The van der Waals surface area contributed by atoms with Crippen LogP contribution in [0.25, 0.3) is 0 Å². The van der Waals surface area contributed by atoms with Crippen LogP contribution in [-0.4, -0.2) is 18.4 Å². The third-order valence-corrected chi connectivity index (χ3v) is 5.72. The Hall–Kier alpha value is -2.34. The van der Waals surface area contributed by atoms with Crippen molar-refractivity contribution in [3.05, 3.63) is 45.8 Å². The Labute approximate surface area is 157 Å². The number of benzene rings is 1. The number of amides is 2. The minimum absolute atomic E-state index is 0.263. The first-order chi connectivity index (χ1) is 12.5. The molecule has 3 N–H and O–H groups in total. The first kappa shape index (κ1) is 18.5. The maximum Gasteiger partial charge on any atom is 0.256 e. The average molecular weight is 372 g/mol. The number of primary amides is 1. The molecule has 1 aliphatic carbocycles. The number of carbonyl (C=O) groups is 2. The van der Waals surface area contributed by atoms with Gasteiger partial charge < -0.3 is 15.8 Å². The molecule has 0 fully saturated rings. The van der Waals surface area contributed by atoms with Gasteiger partial charge in [-0.15, -0.1) is 11.3 Å². The quantitative estimate of drug-likeness (QED) is 0.804. The van der Waals surface area contributed by atoms with Crippen LogP contribution in [0.15, 0.2) is 24.3 Å². The topological polar surface area (TPSA) is 81.4 Å². The van der Waals surface area contributed by atoms with Crippen molar-refractivity contribution in [1.82, 2.24) is 0 Å². The number of hydrogen-bond donors (Lipinski definition) is 2. The van der Waals surface area contributed by atoms with Gasteiger partial charge in [0.15, 0.2) is 0 Å². The molecule has 6 heteroatoms. The van der Waals surface area contributed by atoms with Crippen LogP contribution in [-0.2, 0) is 12.8 Å². The van der Waals surface area contributed by atoms with Gasteiger partial charge in [0, 0.05) is 10.4 Å². The highest BCUT2D eigenvalue weighted by Gasteiger charge is 2.27. The lowest BCUT2D eigenvalue weighted by Crippen LogP contribution is -2.19. The number of nitrogens with one attached hydrogen (secondary N) is 1. The number of anilines is 1. The van der Waals surface area contributed by atoms with Crippen molar-refractivity contribution in [2.75, 3.05) is 11.9 Å². The van der Waals surface area contributed by atoms with Crippen molar-refractivity contribution in [3.63, 3.8) is 0 Å². The molecule has 0 unspecified atom stereocenters. The van der Waals surface area contributed by atoms with E-state index in [1.54, 1.807) is 18.2 Å². The van der Waals surface area contributed by atoms with E-state index in [4.69, 9.17) is 10.5 Å². The first-order valence-corrected chi connectivity index (χ1v) is 9.79. The average Bonchev–Trinajstić information content (AvgIpc) is 2.97. The molecular formula is C20H24N2O3S. The van der Waals surface area contributed by atoms with Gasteiger partial charge in [-0.3, -0.25) is 9.59 Å². The lowest BCUT2D eigenvalue weighted by Gasteiger charge is -2.18. The Kier molecular flexibility index (Phi) is 5.61. The summed E-state index contributed by atoms with van der Waals surface area (Å²) in [6.07, 6.45) is 3.70. The maximum absolute atomic E-state index is 12.7. The summed E-state index contributed by atoms with van der Waals surface area (Å²) >= 11 is 1.47. The second-order valence-corrected chi connectivity index (χ2v) is 7.86. The number of ether oxygens (including phenoxy) is 1. The molecule has 2 amide bonds. The zero-order valence-corrected chi connectivity index (χ0v) is 15.9. The normalized spacial score (nSPS) is 16.0. The molecule has 0 aliphatic heterocycles. The van der Waals surface area contributed by atoms with Gasteiger partial charge in [0.1, 0.15) is 10.8 Å². The molecule has 26 heavy (non-hydrogen) atoms. The summed E-state index contributed by atoms with van der Waals surface area (Å²) in [5.41, 5.74) is 7.59. The molecule has 1 atom stereocenters. The Morgan fingerprint density at radius 3 is 2.92 bits per heavy atom. The second kappa shape index (κ2) is 7.91. The highest BCUT2D eigenvalue weighted by atomic mass is 32.1. The molecular weight excluding hydrogens is 348 g/mol. The highest BCUT2D eigenvalue weighted by Crippen LogP contribution is 2.39. The molecule has 3 rings (SSSR count). The highest BCUT2D eigenvalue weighted by molar-refractivity contribution is 7.17. The largest absolute Gasteiger partial charge is 0.494 e. The van der Waals surface area contributed by atoms with Crippen molar-refractivity contribution in [2.24, 2.45) is 11.7 Å². The Morgan fingerprint density at radius 1 is 1.38 bits per heavy atom. The fraction of sp³-hybridized carbons (Fsp3) is 0.400.